The maximum atomic E-state index is 10.3. The van der Waals surface area contributed by atoms with Crippen molar-refractivity contribution in [3.63, 3.8) is 0 Å². The van der Waals surface area contributed by atoms with Gasteiger partial charge < -0.3 is 10.2 Å². The van der Waals surface area contributed by atoms with E-state index < -0.39 is 5.60 Å². The van der Waals surface area contributed by atoms with Gasteiger partial charge in [0.05, 0.1) is 11.7 Å². The van der Waals surface area contributed by atoms with Gasteiger partial charge in [-0.1, -0.05) is 62.8 Å². The molecule has 3 aliphatic carbocycles. The molecule has 0 aromatic carbocycles. The van der Waals surface area contributed by atoms with Crippen LogP contribution in [-0.2, 0) is 0 Å². The Bertz CT molecular complexity index is 719. The van der Waals surface area contributed by atoms with E-state index in [2.05, 4.69) is 51.7 Å². The van der Waals surface area contributed by atoms with Gasteiger partial charge in [-0.15, -0.1) is 0 Å². The molecule has 2 heteroatoms. The average Bonchev–Trinajstić information content (AvgIpc) is 3.03. The first-order chi connectivity index (χ1) is 14.0. The number of aliphatic hydroxyl groups excluding tert-OH is 1. The molecule has 0 saturated heterocycles. The van der Waals surface area contributed by atoms with Crippen molar-refractivity contribution in [3.8, 4) is 0 Å². The second kappa shape index (κ2) is 9.17. The third-order valence-electron chi connectivity index (χ3n) is 8.68. The lowest BCUT2D eigenvalue weighted by atomic mass is 9.61. The summed E-state index contributed by atoms with van der Waals surface area (Å²) >= 11 is 0. The maximum Gasteiger partial charge on any atom is 0.0651 e. The van der Waals surface area contributed by atoms with Crippen molar-refractivity contribution in [1.82, 2.24) is 0 Å². The van der Waals surface area contributed by atoms with Crippen LogP contribution in [0.25, 0.3) is 0 Å². The van der Waals surface area contributed by atoms with Crippen LogP contribution in [0.1, 0.15) is 86.0 Å². The van der Waals surface area contributed by atoms with Gasteiger partial charge in [-0.25, -0.2) is 0 Å². The molecule has 0 bridgehead atoms. The molecular weight excluding hydrogens is 368 g/mol. The molecule has 3 saturated carbocycles. The molecule has 6 atom stereocenters. The normalized spacial score (nSPS) is 37.7. The Balaban J connectivity index is 1.75. The third kappa shape index (κ3) is 5.02. The van der Waals surface area contributed by atoms with Crippen LogP contribution in [0.15, 0.2) is 47.6 Å². The van der Waals surface area contributed by atoms with Crippen LogP contribution in [0.5, 0.6) is 0 Å². The highest BCUT2D eigenvalue weighted by Crippen LogP contribution is 2.59. The predicted molar refractivity (Wildman–Crippen MR) is 127 cm³/mol. The van der Waals surface area contributed by atoms with E-state index in [-0.39, 0.29) is 12.0 Å². The molecule has 2 N–H and O–H groups in total. The van der Waals surface area contributed by atoms with Crippen LogP contribution < -0.4 is 0 Å². The van der Waals surface area contributed by atoms with Crippen molar-refractivity contribution < 1.29 is 10.2 Å². The zero-order valence-corrected chi connectivity index (χ0v) is 20.0. The number of aliphatic hydroxyl groups is 2. The van der Waals surface area contributed by atoms with Gasteiger partial charge >= 0.3 is 0 Å². The van der Waals surface area contributed by atoms with Crippen LogP contribution in [0, 0.1) is 29.1 Å². The molecule has 30 heavy (non-hydrogen) atoms. The summed E-state index contributed by atoms with van der Waals surface area (Å²) in [6.45, 7) is 15.0. The number of allylic oxidation sites excluding steroid dienone is 5. The standard InChI is InChI=1S/C28H44O2/c1-19-10-14-24(29)18-23(19)13-12-22-8-7-17-28(6)25(15-16-26(22)28)20(2)9-11-21(3)27(4,5)30/h9,11-13,20-21,24-26,29-30H,1,7-8,10,14-18H2,2-6H3/b11-9+,22-12+,23-13-/t20-,21+,24+,25?,26+,28-/m1/s1. The van der Waals surface area contributed by atoms with Crippen molar-refractivity contribution in [2.75, 3.05) is 0 Å². The predicted octanol–water partition coefficient (Wildman–Crippen LogP) is 6.76. The highest BCUT2D eigenvalue weighted by Gasteiger charge is 2.50. The van der Waals surface area contributed by atoms with E-state index >= 15 is 0 Å². The first-order valence-corrected chi connectivity index (χ1v) is 12.2. The molecule has 0 radical (unpaired) electrons. The largest absolute Gasteiger partial charge is 0.393 e. The fourth-order valence-corrected chi connectivity index (χ4v) is 6.25. The topological polar surface area (TPSA) is 40.5 Å². The Morgan fingerprint density at radius 2 is 1.83 bits per heavy atom. The van der Waals surface area contributed by atoms with Crippen LogP contribution in [0.2, 0.25) is 0 Å². The SMILES string of the molecule is C=C1CC[C@H](O)C/C1=C/C=C1\CCC[C@]2(C)C([C@H](C)/C=C/[C@H](C)C(C)(C)O)CC[C@@H]12. The van der Waals surface area contributed by atoms with Crippen molar-refractivity contribution in [1.29, 1.82) is 0 Å². The number of fused-ring (bicyclic) bond motifs is 1. The lowest BCUT2D eigenvalue weighted by molar-refractivity contribution is 0.0436. The number of rotatable bonds is 5. The van der Waals surface area contributed by atoms with E-state index in [0.717, 1.165) is 19.3 Å². The van der Waals surface area contributed by atoms with Crippen molar-refractivity contribution in [3.05, 3.63) is 47.6 Å². The Kier molecular flexibility index (Phi) is 7.19. The molecule has 0 aromatic heterocycles. The minimum atomic E-state index is -0.663. The summed E-state index contributed by atoms with van der Waals surface area (Å²) in [6, 6.07) is 0. The van der Waals surface area contributed by atoms with Gasteiger partial charge in [0.25, 0.3) is 0 Å². The monoisotopic (exact) mass is 412 g/mol. The van der Waals surface area contributed by atoms with Gasteiger partial charge in [0, 0.05) is 5.92 Å². The quantitative estimate of drug-likeness (QED) is 0.490. The second-order valence-electron chi connectivity index (χ2n) is 11.2. The van der Waals surface area contributed by atoms with Crippen LogP contribution >= 0.6 is 0 Å². The van der Waals surface area contributed by atoms with E-state index in [1.807, 2.05) is 13.8 Å². The van der Waals surface area contributed by atoms with Gasteiger partial charge in [-0.2, -0.15) is 0 Å². The van der Waals surface area contributed by atoms with Crippen LogP contribution in [0.4, 0.5) is 0 Å². The van der Waals surface area contributed by atoms with Gasteiger partial charge in [-0.05, 0) is 94.0 Å². The zero-order chi connectivity index (χ0) is 22.1. The molecule has 3 rings (SSSR count). The zero-order valence-electron chi connectivity index (χ0n) is 20.0. The van der Waals surface area contributed by atoms with Gasteiger partial charge in [0.1, 0.15) is 0 Å². The van der Waals surface area contributed by atoms with E-state index in [9.17, 15) is 10.2 Å². The molecular formula is C28H44O2. The Morgan fingerprint density at radius 1 is 1.10 bits per heavy atom. The fraction of sp³-hybridized carbons (Fsp3) is 0.714. The summed E-state index contributed by atoms with van der Waals surface area (Å²) in [5.74, 6) is 2.08. The van der Waals surface area contributed by atoms with Crippen LogP contribution in [-0.4, -0.2) is 21.9 Å². The summed E-state index contributed by atoms with van der Waals surface area (Å²) in [4.78, 5) is 0. The summed E-state index contributed by atoms with van der Waals surface area (Å²) in [5.41, 5.74) is 3.78. The molecule has 0 spiro atoms. The van der Waals surface area contributed by atoms with E-state index in [0.29, 0.717) is 23.2 Å². The molecule has 168 valence electrons. The Labute approximate surface area is 184 Å². The fourth-order valence-electron chi connectivity index (χ4n) is 6.25. The van der Waals surface area contributed by atoms with Crippen LogP contribution in [0.3, 0.4) is 0 Å². The molecule has 0 aromatic rings. The maximum absolute atomic E-state index is 10.3. The number of hydrogen-bond donors (Lipinski definition) is 2. The third-order valence-corrected chi connectivity index (χ3v) is 8.68. The van der Waals surface area contributed by atoms with Crippen molar-refractivity contribution in [2.24, 2.45) is 29.1 Å². The van der Waals surface area contributed by atoms with E-state index in [4.69, 9.17) is 0 Å². The Morgan fingerprint density at radius 3 is 2.53 bits per heavy atom. The van der Waals surface area contributed by atoms with E-state index in [1.165, 1.54) is 43.3 Å². The molecule has 0 amide bonds. The van der Waals surface area contributed by atoms with Gasteiger partial charge in [0.2, 0.25) is 0 Å². The first kappa shape index (κ1) is 23.5. The highest BCUT2D eigenvalue weighted by atomic mass is 16.3. The van der Waals surface area contributed by atoms with E-state index in [1.54, 1.807) is 5.57 Å². The minimum absolute atomic E-state index is 0.164. The van der Waals surface area contributed by atoms with Crippen molar-refractivity contribution >= 4 is 0 Å². The Hall–Kier alpha value is -1.12. The van der Waals surface area contributed by atoms with Crippen molar-refractivity contribution in [2.45, 2.75) is 97.7 Å². The second-order valence-corrected chi connectivity index (χ2v) is 11.2. The average molecular weight is 413 g/mol. The molecule has 0 aliphatic heterocycles. The molecule has 3 aliphatic rings. The summed E-state index contributed by atoms with van der Waals surface area (Å²) in [6.07, 6.45) is 18.0. The molecule has 3 fully saturated rings. The molecule has 0 heterocycles. The van der Waals surface area contributed by atoms with Gasteiger partial charge in [-0.3, -0.25) is 0 Å². The summed E-state index contributed by atoms with van der Waals surface area (Å²) in [5, 5.41) is 20.3. The first-order valence-electron chi connectivity index (χ1n) is 12.2. The lowest BCUT2D eigenvalue weighted by Crippen LogP contribution is -2.35. The number of hydrogen-bond acceptors (Lipinski definition) is 2. The van der Waals surface area contributed by atoms with Gasteiger partial charge in [0.15, 0.2) is 0 Å². The lowest BCUT2D eigenvalue weighted by Gasteiger charge is -2.44. The smallest absolute Gasteiger partial charge is 0.0651 e. The highest BCUT2D eigenvalue weighted by molar-refractivity contribution is 5.36. The molecule has 2 nitrogen and oxygen atoms in total. The summed E-state index contributed by atoms with van der Waals surface area (Å²) < 4.78 is 0. The molecule has 1 unspecified atom stereocenters. The minimum Gasteiger partial charge on any atom is -0.393 e. The summed E-state index contributed by atoms with van der Waals surface area (Å²) in [7, 11) is 0.